The molecule has 4 nitrogen and oxygen atoms in total. The highest BCUT2D eigenvalue weighted by molar-refractivity contribution is 6.85. The Bertz CT molecular complexity index is 190. The van der Waals surface area contributed by atoms with E-state index in [1.165, 1.54) is 0 Å². The van der Waals surface area contributed by atoms with E-state index in [2.05, 4.69) is 26.2 Å². The third-order valence-electron chi connectivity index (χ3n) is 1.56. The highest BCUT2D eigenvalue weighted by Crippen LogP contribution is 2.21. The van der Waals surface area contributed by atoms with Crippen molar-refractivity contribution in [3.63, 3.8) is 0 Å². The predicted octanol–water partition coefficient (Wildman–Crippen LogP) is 1.71. The Hall–Kier alpha value is 0.708. The minimum atomic E-state index is -2.03. The molecule has 0 spiro atoms. The zero-order valence-corrected chi connectivity index (χ0v) is 13.6. The Balaban J connectivity index is 2.73. The summed E-state index contributed by atoms with van der Waals surface area (Å²) < 4.78 is 23.4. The second-order valence-electron chi connectivity index (χ2n) is 4.19. The van der Waals surface area contributed by atoms with Crippen molar-refractivity contribution in [2.24, 2.45) is 0 Å². The highest BCUT2D eigenvalue weighted by atomic mass is 28.5. The van der Waals surface area contributed by atoms with E-state index < -0.39 is 35.7 Å². The van der Waals surface area contributed by atoms with E-state index in [1.54, 1.807) is 0 Å². The number of rotatable bonds is 0. The summed E-state index contributed by atoms with van der Waals surface area (Å²) in [6.07, 6.45) is 0. The zero-order chi connectivity index (χ0) is 11.0. The van der Waals surface area contributed by atoms with Gasteiger partial charge < -0.3 is 16.5 Å². The third-order valence-corrected chi connectivity index (χ3v) is 14.0. The second-order valence-corrected chi connectivity index (χ2v) is 15.0. The Labute approximate surface area is 91.7 Å². The fourth-order valence-electron chi connectivity index (χ4n) is 1.57. The first-order chi connectivity index (χ1) is 6.20. The van der Waals surface area contributed by atoms with Gasteiger partial charge in [-0.05, 0) is 39.3 Å². The van der Waals surface area contributed by atoms with Gasteiger partial charge in [0.05, 0.1) is 0 Å². The molecule has 14 heavy (non-hydrogen) atoms. The Kier molecular flexibility index (Phi) is 3.92. The normalized spacial score (nSPS) is 29.6. The zero-order valence-electron chi connectivity index (χ0n) is 9.63. The molecule has 0 aliphatic carbocycles. The van der Waals surface area contributed by atoms with Crippen molar-refractivity contribution >= 4 is 35.7 Å². The van der Waals surface area contributed by atoms with Crippen LogP contribution in [0.15, 0.2) is 0 Å². The number of hydrogen-bond acceptors (Lipinski definition) is 4. The maximum absolute atomic E-state index is 6.01. The average molecular weight is 267 g/mol. The van der Waals surface area contributed by atoms with E-state index in [1.807, 2.05) is 13.1 Å². The minimum absolute atomic E-state index is 1.18. The van der Waals surface area contributed by atoms with Gasteiger partial charge in [0, 0.05) is 0 Å². The number of hydrogen-bond donors (Lipinski definition) is 0. The largest absolute Gasteiger partial charge is 0.416 e. The van der Waals surface area contributed by atoms with Crippen LogP contribution in [-0.4, -0.2) is 35.7 Å². The van der Waals surface area contributed by atoms with Gasteiger partial charge in [-0.2, -0.15) is 0 Å². The Morgan fingerprint density at radius 3 is 1.50 bits per heavy atom. The summed E-state index contributed by atoms with van der Waals surface area (Å²) in [6, 6.07) is 0. The van der Waals surface area contributed by atoms with Crippen molar-refractivity contribution in [2.75, 3.05) is 0 Å². The van der Waals surface area contributed by atoms with Crippen LogP contribution in [0.4, 0.5) is 0 Å². The molecular weight excluding hydrogens is 248 g/mol. The molecule has 1 saturated heterocycles. The fraction of sp³-hybridized carbons (Fsp3) is 1.00. The highest BCUT2D eigenvalue weighted by Gasteiger charge is 2.42. The lowest BCUT2D eigenvalue weighted by atomic mass is 11.9. The predicted molar refractivity (Wildman–Crippen MR) is 62.5 cm³/mol. The monoisotopic (exact) mass is 266 g/mol. The van der Waals surface area contributed by atoms with Crippen molar-refractivity contribution in [3.05, 3.63) is 0 Å². The van der Waals surface area contributed by atoms with Crippen LogP contribution in [0.3, 0.4) is 0 Å². The van der Waals surface area contributed by atoms with Crippen LogP contribution >= 0.6 is 0 Å². The summed E-state index contributed by atoms with van der Waals surface area (Å²) in [5.74, 6) is 0. The maximum atomic E-state index is 6.01. The molecule has 1 aliphatic heterocycles. The van der Waals surface area contributed by atoms with Gasteiger partial charge in [-0.15, -0.1) is 0 Å². The molecule has 0 aromatic rings. The minimum Gasteiger partial charge on any atom is -0.416 e. The van der Waals surface area contributed by atoms with E-state index in [9.17, 15) is 0 Å². The van der Waals surface area contributed by atoms with E-state index in [4.69, 9.17) is 16.5 Å². The van der Waals surface area contributed by atoms with Crippen molar-refractivity contribution in [1.29, 1.82) is 0 Å². The smallest absolute Gasteiger partial charge is 0.362 e. The lowest BCUT2D eigenvalue weighted by Gasteiger charge is -2.38. The molecule has 1 fully saturated rings. The maximum Gasteiger partial charge on any atom is 0.362 e. The van der Waals surface area contributed by atoms with Gasteiger partial charge in [-0.1, -0.05) is 0 Å². The Morgan fingerprint density at radius 2 is 1.14 bits per heavy atom. The van der Waals surface area contributed by atoms with Gasteiger partial charge in [-0.25, -0.2) is 0 Å². The molecule has 0 atom stereocenters. The van der Waals surface area contributed by atoms with Crippen LogP contribution in [0.1, 0.15) is 0 Å². The molecule has 1 heterocycles. The first-order valence-corrected chi connectivity index (χ1v) is 13.9. The quantitative estimate of drug-likeness (QED) is 0.626. The first kappa shape index (κ1) is 12.8. The topological polar surface area (TPSA) is 36.9 Å². The molecule has 0 bridgehead atoms. The van der Waals surface area contributed by atoms with E-state index >= 15 is 0 Å². The molecule has 0 amide bonds. The molecule has 0 aromatic heterocycles. The van der Waals surface area contributed by atoms with Crippen molar-refractivity contribution in [1.82, 2.24) is 0 Å². The van der Waals surface area contributed by atoms with Crippen molar-refractivity contribution in [3.8, 4) is 0 Å². The van der Waals surface area contributed by atoms with E-state index in [0.717, 1.165) is 0 Å². The third kappa shape index (κ3) is 4.06. The molecule has 1 aliphatic rings. The average Bonchev–Trinajstić information content (AvgIpc) is 1.74. The lowest BCUT2D eigenvalue weighted by Crippen LogP contribution is -2.56. The van der Waals surface area contributed by atoms with Gasteiger partial charge in [0.15, 0.2) is 0 Å². The molecule has 0 saturated carbocycles. The van der Waals surface area contributed by atoms with Crippen LogP contribution in [-0.2, 0) is 16.5 Å². The summed E-state index contributed by atoms with van der Waals surface area (Å²) in [7, 11) is -6.41. The first-order valence-electron chi connectivity index (χ1n) is 4.63. The lowest BCUT2D eigenvalue weighted by molar-refractivity contribution is 0.265. The molecule has 82 valence electrons. The van der Waals surface area contributed by atoms with Crippen LogP contribution in [0.2, 0.25) is 39.3 Å². The van der Waals surface area contributed by atoms with E-state index in [-0.39, 0.29) is 0 Å². The molecule has 1 rings (SSSR count). The van der Waals surface area contributed by atoms with Gasteiger partial charge in [0.25, 0.3) is 0 Å². The van der Waals surface area contributed by atoms with Crippen molar-refractivity contribution < 1.29 is 16.5 Å². The van der Waals surface area contributed by atoms with Crippen LogP contribution in [0.25, 0.3) is 0 Å². The van der Waals surface area contributed by atoms with Gasteiger partial charge >= 0.3 is 35.7 Å². The van der Waals surface area contributed by atoms with Crippen LogP contribution < -0.4 is 0 Å². The van der Waals surface area contributed by atoms with E-state index in [0.29, 0.717) is 0 Å². The standard InChI is InChI=1S/C6H18O4Si4/c1-11-7-12(2)9-14(5,6)10-13(3,4)8-11/h1-6H3. The summed E-state index contributed by atoms with van der Waals surface area (Å²) >= 11 is 0. The summed E-state index contributed by atoms with van der Waals surface area (Å²) in [6.45, 7) is 12.2. The molecule has 0 aromatic carbocycles. The summed E-state index contributed by atoms with van der Waals surface area (Å²) in [4.78, 5) is 0. The SMILES string of the molecule is C[Si]1O[Si](C)O[Si](C)(C)O[Si](C)(C)O1. The van der Waals surface area contributed by atoms with Crippen LogP contribution in [0, 0.1) is 0 Å². The summed E-state index contributed by atoms with van der Waals surface area (Å²) in [5.41, 5.74) is 0. The van der Waals surface area contributed by atoms with Gasteiger partial charge in [0.1, 0.15) is 0 Å². The molecule has 0 unspecified atom stereocenters. The molecule has 0 N–H and O–H groups in total. The van der Waals surface area contributed by atoms with Gasteiger partial charge in [-0.3, -0.25) is 0 Å². The Morgan fingerprint density at radius 1 is 0.786 bits per heavy atom. The summed E-state index contributed by atoms with van der Waals surface area (Å²) in [5, 5.41) is 0. The molecule has 2 radical (unpaired) electrons. The van der Waals surface area contributed by atoms with Crippen LogP contribution in [0.5, 0.6) is 0 Å². The second kappa shape index (κ2) is 4.29. The van der Waals surface area contributed by atoms with Crippen molar-refractivity contribution in [2.45, 2.75) is 39.3 Å². The fourth-order valence-corrected chi connectivity index (χ4v) is 15.6. The van der Waals surface area contributed by atoms with Gasteiger partial charge in [0.2, 0.25) is 0 Å². The molecule has 8 heteroatoms. The molecular formula is C6H18O4Si4.